The van der Waals surface area contributed by atoms with Crippen molar-refractivity contribution in [3.63, 3.8) is 0 Å². The number of nitriles is 1. The van der Waals surface area contributed by atoms with Crippen molar-refractivity contribution in [2.24, 2.45) is 5.92 Å². The Hall–Kier alpha value is -2.35. The van der Waals surface area contributed by atoms with Gasteiger partial charge in [-0.2, -0.15) is 10.4 Å². The summed E-state index contributed by atoms with van der Waals surface area (Å²) < 4.78 is 0. The Balaban J connectivity index is 1.75. The lowest BCUT2D eigenvalue weighted by Crippen LogP contribution is -2.18. The number of nitrogens with zero attached hydrogens (tertiary/aromatic N) is 2. The molecule has 1 aromatic carbocycles. The molecule has 1 aliphatic rings. The van der Waals surface area contributed by atoms with E-state index < -0.39 is 0 Å². The third-order valence-corrected chi connectivity index (χ3v) is 4.48. The van der Waals surface area contributed by atoms with Crippen LogP contribution >= 0.6 is 0 Å². The molecule has 0 spiro atoms. The molecule has 0 bridgehead atoms. The molecule has 0 atom stereocenters. The van der Waals surface area contributed by atoms with Gasteiger partial charge in [0, 0.05) is 11.8 Å². The van der Waals surface area contributed by atoms with E-state index in [4.69, 9.17) is 5.26 Å². The third-order valence-electron chi connectivity index (χ3n) is 4.48. The van der Waals surface area contributed by atoms with Gasteiger partial charge >= 0.3 is 0 Å². The minimum absolute atomic E-state index is 0.0299. The molecule has 114 valence electrons. The van der Waals surface area contributed by atoms with Crippen molar-refractivity contribution in [2.45, 2.75) is 45.4 Å². The predicted molar refractivity (Wildman–Crippen MR) is 85.4 cm³/mol. The number of amides is 1. The number of nitrogens with one attached hydrogen (secondary N) is 2. The number of H-pyrrole nitrogens is 1. The Labute approximate surface area is 129 Å². The second kappa shape index (κ2) is 6.18. The molecule has 0 aliphatic heterocycles. The smallest absolute Gasteiger partial charge is 0.225 e. The van der Waals surface area contributed by atoms with Crippen LogP contribution in [0.1, 0.15) is 49.7 Å². The summed E-state index contributed by atoms with van der Waals surface area (Å²) in [6.07, 6.45) is 6.64. The molecule has 2 aromatic rings. The average Bonchev–Trinajstić information content (AvgIpc) is 2.89. The van der Waals surface area contributed by atoms with Gasteiger partial charge in [-0.25, -0.2) is 0 Å². The van der Waals surface area contributed by atoms with Gasteiger partial charge in [-0.05, 0) is 43.4 Å². The first-order chi connectivity index (χ1) is 10.7. The van der Waals surface area contributed by atoms with E-state index in [2.05, 4.69) is 21.6 Å². The van der Waals surface area contributed by atoms with E-state index in [0.29, 0.717) is 23.7 Å². The van der Waals surface area contributed by atoms with E-state index in [9.17, 15) is 4.79 Å². The lowest BCUT2D eigenvalue weighted by molar-refractivity contribution is -0.117. The standard InChI is InChI=1S/C17H20N4O/c1-11-7-14-15(9-13(11)10-18)20-21-17(14)19-16(22)8-12-5-3-2-4-6-12/h7,9,12H,2-6,8H2,1H3,(H2,19,20,21,22). The highest BCUT2D eigenvalue weighted by atomic mass is 16.1. The van der Waals surface area contributed by atoms with Crippen molar-refractivity contribution in [1.82, 2.24) is 10.2 Å². The van der Waals surface area contributed by atoms with E-state index in [1.807, 2.05) is 13.0 Å². The number of aromatic nitrogens is 2. The highest BCUT2D eigenvalue weighted by Crippen LogP contribution is 2.28. The predicted octanol–water partition coefficient (Wildman–Crippen LogP) is 3.65. The first kappa shape index (κ1) is 14.6. The lowest BCUT2D eigenvalue weighted by atomic mass is 9.87. The van der Waals surface area contributed by atoms with Crippen LogP contribution in [0.4, 0.5) is 5.82 Å². The molecule has 1 fully saturated rings. The summed E-state index contributed by atoms with van der Waals surface area (Å²) in [6, 6.07) is 5.83. The molecule has 0 unspecified atom stereocenters. The fraction of sp³-hybridized carbons (Fsp3) is 0.471. The average molecular weight is 296 g/mol. The van der Waals surface area contributed by atoms with Crippen LogP contribution in [0.15, 0.2) is 12.1 Å². The summed E-state index contributed by atoms with van der Waals surface area (Å²) in [5.74, 6) is 1.09. The maximum absolute atomic E-state index is 12.2. The summed E-state index contributed by atoms with van der Waals surface area (Å²) in [6.45, 7) is 1.89. The molecule has 3 rings (SSSR count). The van der Waals surface area contributed by atoms with Crippen LogP contribution in [0.2, 0.25) is 0 Å². The maximum Gasteiger partial charge on any atom is 0.225 e. The number of rotatable bonds is 3. The second-order valence-corrected chi connectivity index (χ2v) is 6.15. The monoisotopic (exact) mass is 296 g/mol. The Bertz CT molecular complexity index is 735. The number of hydrogen-bond acceptors (Lipinski definition) is 3. The number of carbonyl (C=O) groups excluding carboxylic acids is 1. The van der Waals surface area contributed by atoms with Crippen molar-refractivity contribution in [1.29, 1.82) is 5.26 Å². The van der Waals surface area contributed by atoms with Crippen molar-refractivity contribution in [3.8, 4) is 6.07 Å². The van der Waals surface area contributed by atoms with Crippen LogP contribution in [0.5, 0.6) is 0 Å². The molecule has 5 heteroatoms. The zero-order valence-corrected chi connectivity index (χ0v) is 12.8. The van der Waals surface area contributed by atoms with E-state index in [-0.39, 0.29) is 5.91 Å². The van der Waals surface area contributed by atoms with Gasteiger partial charge in [-0.1, -0.05) is 19.3 Å². The molecule has 0 saturated heterocycles. The van der Waals surface area contributed by atoms with Gasteiger partial charge < -0.3 is 5.32 Å². The summed E-state index contributed by atoms with van der Waals surface area (Å²) in [5.41, 5.74) is 2.28. The Morgan fingerprint density at radius 3 is 2.91 bits per heavy atom. The quantitative estimate of drug-likeness (QED) is 0.907. The van der Waals surface area contributed by atoms with E-state index in [0.717, 1.165) is 29.3 Å². The van der Waals surface area contributed by atoms with Crippen molar-refractivity contribution in [3.05, 3.63) is 23.3 Å². The molecular weight excluding hydrogens is 276 g/mol. The number of aryl methyl sites for hydroxylation is 1. The highest BCUT2D eigenvalue weighted by Gasteiger charge is 2.18. The summed E-state index contributed by atoms with van der Waals surface area (Å²) in [5, 5.41) is 19.9. The van der Waals surface area contributed by atoms with Crippen LogP contribution in [0.3, 0.4) is 0 Å². The van der Waals surface area contributed by atoms with Gasteiger partial charge in [-0.15, -0.1) is 0 Å². The molecule has 22 heavy (non-hydrogen) atoms. The Morgan fingerprint density at radius 2 is 2.18 bits per heavy atom. The van der Waals surface area contributed by atoms with Gasteiger partial charge in [0.2, 0.25) is 5.91 Å². The normalized spacial score (nSPS) is 15.6. The van der Waals surface area contributed by atoms with Crippen molar-refractivity contribution in [2.75, 3.05) is 5.32 Å². The molecule has 1 aliphatic carbocycles. The van der Waals surface area contributed by atoms with Crippen molar-refractivity contribution >= 4 is 22.6 Å². The Morgan fingerprint density at radius 1 is 1.41 bits per heavy atom. The minimum atomic E-state index is 0.0299. The minimum Gasteiger partial charge on any atom is -0.309 e. The summed E-state index contributed by atoms with van der Waals surface area (Å²) >= 11 is 0. The molecular formula is C17H20N4O. The number of carbonyl (C=O) groups is 1. The zero-order valence-electron chi connectivity index (χ0n) is 12.8. The van der Waals surface area contributed by atoms with Crippen LogP contribution in [0.25, 0.3) is 10.9 Å². The molecule has 1 amide bonds. The highest BCUT2D eigenvalue weighted by molar-refractivity contribution is 6.00. The second-order valence-electron chi connectivity index (χ2n) is 6.15. The van der Waals surface area contributed by atoms with Crippen LogP contribution < -0.4 is 5.32 Å². The van der Waals surface area contributed by atoms with Gasteiger partial charge in [-0.3, -0.25) is 9.89 Å². The number of aromatic amines is 1. The van der Waals surface area contributed by atoms with Crippen LogP contribution in [-0.2, 0) is 4.79 Å². The van der Waals surface area contributed by atoms with Gasteiger partial charge in [0.05, 0.1) is 17.1 Å². The summed E-state index contributed by atoms with van der Waals surface area (Å²) in [4.78, 5) is 12.2. The van der Waals surface area contributed by atoms with Gasteiger partial charge in [0.25, 0.3) is 0 Å². The maximum atomic E-state index is 12.2. The fourth-order valence-electron chi connectivity index (χ4n) is 3.22. The number of hydrogen-bond donors (Lipinski definition) is 2. The molecule has 1 aromatic heterocycles. The van der Waals surface area contributed by atoms with Crippen molar-refractivity contribution < 1.29 is 4.79 Å². The lowest BCUT2D eigenvalue weighted by Gasteiger charge is -2.20. The summed E-state index contributed by atoms with van der Waals surface area (Å²) in [7, 11) is 0. The first-order valence-electron chi connectivity index (χ1n) is 7.86. The van der Waals surface area contributed by atoms with E-state index >= 15 is 0 Å². The first-order valence-corrected chi connectivity index (χ1v) is 7.86. The molecule has 1 saturated carbocycles. The molecule has 0 radical (unpaired) electrons. The third kappa shape index (κ3) is 2.96. The van der Waals surface area contributed by atoms with Crippen LogP contribution in [-0.4, -0.2) is 16.1 Å². The van der Waals surface area contributed by atoms with Gasteiger partial charge in [0.15, 0.2) is 5.82 Å². The molecule has 5 nitrogen and oxygen atoms in total. The van der Waals surface area contributed by atoms with Gasteiger partial charge in [0.1, 0.15) is 0 Å². The number of anilines is 1. The molecule has 1 heterocycles. The largest absolute Gasteiger partial charge is 0.309 e. The fourth-order valence-corrected chi connectivity index (χ4v) is 3.22. The number of fused-ring (bicyclic) bond motifs is 1. The van der Waals surface area contributed by atoms with E-state index in [1.165, 1.54) is 19.3 Å². The Kier molecular flexibility index (Phi) is 4.10. The zero-order chi connectivity index (χ0) is 15.5. The van der Waals surface area contributed by atoms with Crippen LogP contribution in [0, 0.1) is 24.2 Å². The molecule has 2 N–H and O–H groups in total. The van der Waals surface area contributed by atoms with E-state index in [1.54, 1.807) is 6.07 Å². The number of benzene rings is 1. The SMILES string of the molecule is Cc1cc2c(NC(=O)CC3CCCCC3)n[nH]c2cc1C#N. The topological polar surface area (TPSA) is 81.6 Å².